The standard InChI is InChI=1S/C8H14N2O3/c9-7(5-11)3-1-2-4-10-8(13)6-12/h5-7H,1-4,9H2,(H,10,13). The minimum Gasteiger partial charge on any atom is -0.350 e. The van der Waals surface area contributed by atoms with E-state index < -0.39 is 11.9 Å². The van der Waals surface area contributed by atoms with E-state index in [1.165, 1.54) is 0 Å². The molecule has 0 bridgehead atoms. The summed E-state index contributed by atoms with van der Waals surface area (Å²) in [6, 6.07) is -0.415. The topological polar surface area (TPSA) is 89.3 Å². The summed E-state index contributed by atoms with van der Waals surface area (Å²) in [5, 5.41) is 2.39. The molecule has 0 radical (unpaired) electrons. The van der Waals surface area contributed by atoms with Crippen molar-refractivity contribution in [3.8, 4) is 0 Å². The van der Waals surface area contributed by atoms with Crippen molar-refractivity contribution in [1.29, 1.82) is 0 Å². The highest BCUT2D eigenvalue weighted by atomic mass is 16.2. The summed E-state index contributed by atoms with van der Waals surface area (Å²) in [6.45, 7) is 0.448. The molecule has 0 aromatic rings. The Bertz CT molecular complexity index is 182. The summed E-state index contributed by atoms with van der Waals surface area (Å²) < 4.78 is 0. The summed E-state index contributed by atoms with van der Waals surface area (Å²) in [7, 11) is 0. The second-order valence-corrected chi connectivity index (χ2v) is 2.70. The second kappa shape index (κ2) is 7.42. The van der Waals surface area contributed by atoms with Gasteiger partial charge in [0.2, 0.25) is 6.29 Å². The molecule has 5 heteroatoms. The van der Waals surface area contributed by atoms with E-state index in [9.17, 15) is 14.4 Å². The van der Waals surface area contributed by atoms with Crippen LogP contribution in [0, 0.1) is 0 Å². The largest absolute Gasteiger partial charge is 0.350 e. The number of nitrogens with two attached hydrogens (primary N) is 1. The molecular formula is C8H14N2O3. The highest BCUT2D eigenvalue weighted by Crippen LogP contribution is 1.95. The summed E-state index contributed by atoms with van der Waals surface area (Å²) in [5.41, 5.74) is 5.33. The van der Waals surface area contributed by atoms with Crippen LogP contribution < -0.4 is 11.1 Å². The maximum absolute atomic E-state index is 10.4. The van der Waals surface area contributed by atoms with Gasteiger partial charge in [-0.1, -0.05) is 0 Å². The van der Waals surface area contributed by atoms with E-state index in [1.54, 1.807) is 0 Å². The Labute approximate surface area is 76.7 Å². The van der Waals surface area contributed by atoms with Gasteiger partial charge in [0, 0.05) is 6.54 Å². The molecule has 0 rings (SSSR count). The predicted molar refractivity (Wildman–Crippen MR) is 47.0 cm³/mol. The van der Waals surface area contributed by atoms with E-state index in [0.717, 1.165) is 12.8 Å². The molecule has 0 aliphatic heterocycles. The lowest BCUT2D eigenvalue weighted by Crippen LogP contribution is -2.26. The molecule has 0 aromatic carbocycles. The zero-order valence-electron chi connectivity index (χ0n) is 7.36. The van der Waals surface area contributed by atoms with Gasteiger partial charge in [-0.2, -0.15) is 0 Å². The molecule has 1 amide bonds. The van der Waals surface area contributed by atoms with Gasteiger partial charge in [-0.3, -0.25) is 9.59 Å². The lowest BCUT2D eigenvalue weighted by Gasteiger charge is -2.03. The van der Waals surface area contributed by atoms with Crippen molar-refractivity contribution in [3.63, 3.8) is 0 Å². The first kappa shape index (κ1) is 11.8. The molecule has 0 spiro atoms. The molecule has 1 unspecified atom stereocenters. The molecule has 0 heterocycles. The summed E-state index contributed by atoms with van der Waals surface area (Å²) >= 11 is 0. The van der Waals surface area contributed by atoms with Crippen molar-refractivity contribution >= 4 is 18.5 Å². The Morgan fingerprint density at radius 2 is 2.08 bits per heavy atom. The van der Waals surface area contributed by atoms with Gasteiger partial charge < -0.3 is 15.8 Å². The number of unbranched alkanes of at least 4 members (excludes halogenated alkanes) is 1. The normalized spacial score (nSPS) is 11.8. The van der Waals surface area contributed by atoms with Crippen LogP contribution in [0.1, 0.15) is 19.3 Å². The molecular weight excluding hydrogens is 172 g/mol. The lowest BCUT2D eigenvalue weighted by molar-refractivity contribution is -0.131. The van der Waals surface area contributed by atoms with E-state index in [4.69, 9.17) is 5.73 Å². The number of hydrogen-bond donors (Lipinski definition) is 2. The smallest absolute Gasteiger partial charge is 0.284 e. The van der Waals surface area contributed by atoms with Crippen LogP contribution >= 0.6 is 0 Å². The van der Waals surface area contributed by atoms with E-state index in [1.807, 2.05) is 0 Å². The summed E-state index contributed by atoms with van der Waals surface area (Å²) in [6.07, 6.45) is 3.03. The molecule has 0 saturated heterocycles. The van der Waals surface area contributed by atoms with Crippen LogP contribution in [0.15, 0.2) is 0 Å². The van der Waals surface area contributed by atoms with Crippen molar-refractivity contribution in [1.82, 2.24) is 5.32 Å². The van der Waals surface area contributed by atoms with Crippen molar-refractivity contribution in [2.24, 2.45) is 5.73 Å². The number of rotatable bonds is 7. The van der Waals surface area contributed by atoms with Crippen LogP contribution in [-0.2, 0) is 14.4 Å². The molecule has 0 aliphatic carbocycles. The van der Waals surface area contributed by atoms with Gasteiger partial charge in [-0.25, -0.2) is 0 Å². The highest BCUT2D eigenvalue weighted by Gasteiger charge is 1.99. The maximum atomic E-state index is 10.4. The van der Waals surface area contributed by atoms with Crippen LogP contribution in [0.2, 0.25) is 0 Å². The molecule has 0 aromatic heterocycles. The minimum absolute atomic E-state index is 0.233. The monoisotopic (exact) mass is 186 g/mol. The van der Waals surface area contributed by atoms with Gasteiger partial charge >= 0.3 is 0 Å². The fraction of sp³-hybridized carbons (Fsp3) is 0.625. The molecule has 1 atom stereocenters. The molecule has 3 N–H and O–H groups in total. The van der Waals surface area contributed by atoms with Gasteiger partial charge in [0.05, 0.1) is 6.04 Å². The number of aldehydes is 2. The van der Waals surface area contributed by atoms with Crippen LogP contribution in [-0.4, -0.2) is 31.1 Å². The first-order valence-electron chi connectivity index (χ1n) is 4.14. The van der Waals surface area contributed by atoms with Crippen LogP contribution in [0.3, 0.4) is 0 Å². The van der Waals surface area contributed by atoms with Gasteiger partial charge in [0.25, 0.3) is 5.91 Å². The molecule has 13 heavy (non-hydrogen) atoms. The van der Waals surface area contributed by atoms with Gasteiger partial charge in [0.1, 0.15) is 6.29 Å². The Hall–Kier alpha value is -1.23. The SMILES string of the molecule is NC(C=O)CCCCNC(=O)C=O. The molecule has 0 fully saturated rings. The lowest BCUT2D eigenvalue weighted by atomic mass is 10.1. The second-order valence-electron chi connectivity index (χ2n) is 2.70. The van der Waals surface area contributed by atoms with Gasteiger partial charge in [0.15, 0.2) is 0 Å². The van der Waals surface area contributed by atoms with Crippen molar-refractivity contribution in [2.75, 3.05) is 6.54 Å². The van der Waals surface area contributed by atoms with E-state index >= 15 is 0 Å². The number of nitrogens with one attached hydrogen (secondary N) is 1. The quantitative estimate of drug-likeness (QED) is 0.303. The third kappa shape index (κ3) is 7.14. The van der Waals surface area contributed by atoms with E-state index in [2.05, 4.69) is 5.32 Å². The number of amides is 1. The van der Waals surface area contributed by atoms with Gasteiger partial charge in [-0.15, -0.1) is 0 Å². The predicted octanol–water partition coefficient (Wildman–Crippen LogP) is -1.00. The fourth-order valence-corrected chi connectivity index (χ4v) is 0.826. The molecule has 5 nitrogen and oxygen atoms in total. The number of carbonyl (C=O) groups is 3. The van der Waals surface area contributed by atoms with Crippen LogP contribution in [0.5, 0.6) is 0 Å². The Kier molecular flexibility index (Phi) is 6.72. The van der Waals surface area contributed by atoms with Crippen molar-refractivity contribution in [3.05, 3.63) is 0 Å². The molecule has 74 valence electrons. The van der Waals surface area contributed by atoms with Gasteiger partial charge in [-0.05, 0) is 19.3 Å². The Morgan fingerprint density at radius 3 is 2.62 bits per heavy atom. The van der Waals surface area contributed by atoms with Crippen molar-refractivity contribution < 1.29 is 14.4 Å². The molecule has 0 saturated carbocycles. The molecule has 0 aliphatic rings. The van der Waals surface area contributed by atoms with Crippen LogP contribution in [0.25, 0.3) is 0 Å². The van der Waals surface area contributed by atoms with Crippen molar-refractivity contribution in [2.45, 2.75) is 25.3 Å². The van der Waals surface area contributed by atoms with E-state index in [0.29, 0.717) is 19.3 Å². The maximum Gasteiger partial charge on any atom is 0.284 e. The zero-order valence-corrected chi connectivity index (χ0v) is 7.36. The van der Waals surface area contributed by atoms with E-state index in [-0.39, 0.29) is 6.29 Å². The fourth-order valence-electron chi connectivity index (χ4n) is 0.826. The number of carbonyl (C=O) groups excluding carboxylic acids is 3. The highest BCUT2D eigenvalue weighted by molar-refractivity contribution is 6.23. The zero-order chi connectivity index (χ0) is 10.1. The summed E-state index contributed by atoms with van der Waals surface area (Å²) in [5.74, 6) is -0.611. The third-order valence-electron chi connectivity index (χ3n) is 1.55. The average Bonchev–Trinajstić information content (AvgIpc) is 2.16. The number of hydrogen-bond acceptors (Lipinski definition) is 4. The van der Waals surface area contributed by atoms with Crippen LogP contribution in [0.4, 0.5) is 0 Å². The average molecular weight is 186 g/mol. The third-order valence-corrected chi connectivity index (χ3v) is 1.55. The first-order valence-corrected chi connectivity index (χ1v) is 4.14. The summed E-state index contributed by atoms with van der Waals surface area (Å²) in [4.78, 5) is 30.3. The first-order chi connectivity index (χ1) is 6.20. The minimum atomic E-state index is -0.611. The Balaban J connectivity index is 3.21. The Morgan fingerprint density at radius 1 is 1.38 bits per heavy atom.